The van der Waals surface area contributed by atoms with E-state index >= 15 is 0 Å². The van der Waals surface area contributed by atoms with Gasteiger partial charge in [-0.25, -0.2) is 4.39 Å². The molecule has 0 aliphatic heterocycles. The fourth-order valence-electron chi connectivity index (χ4n) is 1.69. The smallest absolute Gasteiger partial charge is 0.236 e. The average molecular weight is 267 g/mol. The number of carbonyl (C=O) groups is 1. The predicted octanol–water partition coefficient (Wildman–Crippen LogP) is 0.935. The number of hydrogen-bond acceptors (Lipinski definition) is 3. The number of halogens is 1. The van der Waals surface area contributed by atoms with Crippen molar-refractivity contribution in [2.75, 3.05) is 40.8 Å². The minimum Gasteiger partial charge on any atom is -0.336 e. The fraction of sp³-hybridized carbons (Fsp3) is 0.500. The van der Waals surface area contributed by atoms with Gasteiger partial charge in [-0.2, -0.15) is 0 Å². The van der Waals surface area contributed by atoms with Crippen LogP contribution in [0.2, 0.25) is 0 Å². The molecule has 1 amide bonds. The first kappa shape index (κ1) is 15.6. The topological polar surface area (TPSA) is 35.6 Å². The first-order valence-electron chi connectivity index (χ1n) is 6.34. The van der Waals surface area contributed by atoms with Crippen molar-refractivity contribution in [2.24, 2.45) is 0 Å². The lowest BCUT2D eigenvalue weighted by Crippen LogP contribution is -2.40. The maximum Gasteiger partial charge on any atom is 0.236 e. The molecule has 0 heterocycles. The van der Waals surface area contributed by atoms with Gasteiger partial charge in [0, 0.05) is 19.6 Å². The lowest BCUT2D eigenvalue weighted by atomic mass is 10.2. The molecule has 0 aliphatic carbocycles. The normalized spacial score (nSPS) is 10.8. The monoisotopic (exact) mass is 267 g/mol. The van der Waals surface area contributed by atoms with Crippen molar-refractivity contribution in [1.82, 2.24) is 15.1 Å². The molecule has 1 rings (SSSR count). The van der Waals surface area contributed by atoms with Crippen LogP contribution >= 0.6 is 0 Å². The summed E-state index contributed by atoms with van der Waals surface area (Å²) in [4.78, 5) is 15.8. The van der Waals surface area contributed by atoms with Crippen molar-refractivity contribution in [2.45, 2.75) is 6.54 Å². The first-order valence-corrected chi connectivity index (χ1v) is 6.34. The van der Waals surface area contributed by atoms with Gasteiger partial charge in [0.05, 0.1) is 6.54 Å². The molecule has 0 radical (unpaired) electrons. The number of benzene rings is 1. The number of rotatable bonds is 7. The van der Waals surface area contributed by atoms with Gasteiger partial charge < -0.3 is 15.1 Å². The molecule has 0 aliphatic rings. The van der Waals surface area contributed by atoms with Gasteiger partial charge in [0.2, 0.25) is 5.91 Å². The molecule has 0 bridgehead atoms. The van der Waals surface area contributed by atoms with Crippen LogP contribution in [0.25, 0.3) is 0 Å². The van der Waals surface area contributed by atoms with E-state index in [4.69, 9.17) is 0 Å². The minimum atomic E-state index is -0.259. The molecule has 0 spiro atoms. The Morgan fingerprint density at radius 1 is 1.21 bits per heavy atom. The summed E-state index contributed by atoms with van der Waals surface area (Å²) in [7, 11) is 5.69. The fourth-order valence-corrected chi connectivity index (χ4v) is 1.69. The zero-order valence-electron chi connectivity index (χ0n) is 11.8. The van der Waals surface area contributed by atoms with Crippen LogP contribution < -0.4 is 5.32 Å². The van der Waals surface area contributed by atoms with E-state index in [1.54, 1.807) is 24.1 Å². The second-order valence-corrected chi connectivity index (χ2v) is 4.78. The Morgan fingerprint density at radius 2 is 1.84 bits per heavy atom. The summed E-state index contributed by atoms with van der Waals surface area (Å²) in [6.07, 6.45) is 0. The molecule has 0 atom stereocenters. The Bertz CT molecular complexity index is 392. The van der Waals surface area contributed by atoms with Crippen molar-refractivity contribution < 1.29 is 9.18 Å². The molecule has 0 saturated carbocycles. The van der Waals surface area contributed by atoms with E-state index in [-0.39, 0.29) is 11.7 Å². The molecule has 0 aromatic heterocycles. The van der Waals surface area contributed by atoms with E-state index in [0.29, 0.717) is 19.6 Å². The summed E-state index contributed by atoms with van der Waals surface area (Å²) in [5.41, 5.74) is 0.935. The van der Waals surface area contributed by atoms with Crippen LogP contribution in [0.5, 0.6) is 0 Å². The maximum atomic E-state index is 12.9. The SMILES string of the molecule is CNCC(=O)N(CCN(C)C)Cc1ccc(F)cc1. The molecule has 0 unspecified atom stereocenters. The second kappa shape index (κ2) is 7.86. The summed E-state index contributed by atoms with van der Waals surface area (Å²) in [5.74, 6) is -0.209. The molecule has 1 N–H and O–H groups in total. The van der Waals surface area contributed by atoms with E-state index in [1.807, 2.05) is 19.0 Å². The summed E-state index contributed by atoms with van der Waals surface area (Å²) < 4.78 is 12.9. The van der Waals surface area contributed by atoms with Gasteiger partial charge >= 0.3 is 0 Å². The molecule has 1 aromatic carbocycles. The molecule has 1 aromatic rings. The molecular formula is C14H22FN3O. The van der Waals surface area contributed by atoms with Crippen LogP contribution in [0.3, 0.4) is 0 Å². The van der Waals surface area contributed by atoms with Gasteiger partial charge in [0.1, 0.15) is 5.82 Å². The van der Waals surface area contributed by atoms with E-state index in [9.17, 15) is 9.18 Å². The molecule has 106 valence electrons. The highest BCUT2D eigenvalue weighted by molar-refractivity contribution is 5.78. The van der Waals surface area contributed by atoms with E-state index in [1.165, 1.54) is 12.1 Å². The van der Waals surface area contributed by atoms with Crippen LogP contribution in [0.15, 0.2) is 24.3 Å². The highest BCUT2D eigenvalue weighted by Gasteiger charge is 2.13. The van der Waals surface area contributed by atoms with Crippen LogP contribution in [-0.4, -0.2) is 56.5 Å². The van der Waals surface area contributed by atoms with Gasteiger partial charge in [-0.05, 0) is 38.8 Å². The standard InChI is InChI=1S/C14H22FN3O/c1-16-10-14(19)18(9-8-17(2)3)11-12-4-6-13(15)7-5-12/h4-7,16H,8-11H2,1-3H3. The Labute approximate surface area is 114 Å². The number of amides is 1. The molecule has 19 heavy (non-hydrogen) atoms. The van der Waals surface area contributed by atoms with Crippen molar-refractivity contribution >= 4 is 5.91 Å². The summed E-state index contributed by atoms with van der Waals surface area (Å²) in [6, 6.07) is 6.26. The Hall–Kier alpha value is -1.46. The van der Waals surface area contributed by atoms with Gasteiger partial charge in [0.15, 0.2) is 0 Å². The third kappa shape index (κ3) is 5.81. The highest BCUT2D eigenvalue weighted by atomic mass is 19.1. The van der Waals surface area contributed by atoms with Crippen LogP contribution in [0, 0.1) is 5.82 Å². The number of likely N-dealkylation sites (N-methyl/N-ethyl adjacent to an activating group) is 2. The summed E-state index contributed by atoms with van der Waals surface area (Å²) >= 11 is 0. The highest BCUT2D eigenvalue weighted by Crippen LogP contribution is 2.07. The van der Waals surface area contributed by atoms with Crippen molar-refractivity contribution in [3.63, 3.8) is 0 Å². The third-order valence-electron chi connectivity index (χ3n) is 2.78. The van der Waals surface area contributed by atoms with E-state index in [0.717, 1.165) is 12.1 Å². The van der Waals surface area contributed by atoms with Gasteiger partial charge in [-0.15, -0.1) is 0 Å². The zero-order chi connectivity index (χ0) is 14.3. The second-order valence-electron chi connectivity index (χ2n) is 4.78. The van der Waals surface area contributed by atoms with Crippen LogP contribution in [0.4, 0.5) is 4.39 Å². The van der Waals surface area contributed by atoms with Crippen LogP contribution in [-0.2, 0) is 11.3 Å². The number of carbonyl (C=O) groups excluding carboxylic acids is 1. The van der Waals surface area contributed by atoms with Crippen molar-refractivity contribution in [3.05, 3.63) is 35.6 Å². The number of nitrogens with zero attached hydrogens (tertiary/aromatic N) is 2. The number of nitrogens with one attached hydrogen (secondary N) is 1. The third-order valence-corrected chi connectivity index (χ3v) is 2.78. The van der Waals surface area contributed by atoms with Crippen molar-refractivity contribution in [1.29, 1.82) is 0 Å². The summed E-state index contributed by atoms with van der Waals surface area (Å²) in [5, 5.41) is 2.87. The number of hydrogen-bond donors (Lipinski definition) is 1. The average Bonchev–Trinajstić information content (AvgIpc) is 2.36. The van der Waals surface area contributed by atoms with Crippen molar-refractivity contribution in [3.8, 4) is 0 Å². The summed E-state index contributed by atoms with van der Waals surface area (Å²) in [6.45, 7) is 2.28. The van der Waals surface area contributed by atoms with E-state index < -0.39 is 0 Å². The molecule has 4 nitrogen and oxygen atoms in total. The largest absolute Gasteiger partial charge is 0.336 e. The van der Waals surface area contributed by atoms with E-state index in [2.05, 4.69) is 5.32 Å². The molecule has 0 saturated heterocycles. The predicted molar refractivity (Wildman–Crippen MR) is 74.3 cm³/mol. The maximum absolute atomic E-state index is 12.9. The zero-order valence-corrected chi connectivity index (χ0v) is 11.8. The Balaban J connectivity index is 2.66. The lowest BCUT2D eigenvalue weighted by Gasteiger charge is -2.24. The molecular weight excluding hydrogens is 245 g/mol. The molecule has 0 fully saturated rings. The molecule has 5 heteroatoms. The van der Waals surface area contributed by atoms with Gasteiger partial charge in [-0.1, -0.05) is 12.1 Å². The van der Waals surface area contributed by atoms with Gasteiger partial charge in [0.25, 0.3) is 0 Å². The first-order chi connectivity index (χ1) is 9.02. The Morgan fingerprint density at radius 3 is 2.37 bits per heavy atom. The van der Waals surface area contributed by atoms with Gasteiger partial charge in [-0.3, -0.25) is 4.79 Å². The lowest BCUT2D eigenvalue weighted by molar-refractivity contribution is -0.130. The quantitative estimate of drug-likeness (QED) is 0.798. The van der Waals surface area contributed by atoms with Crippen LogP contribution in [0.1, 0.15) is 5.56 Å². The Kier molecular flexibility index (Phi) is 6.45. The minimum absolute atomic E-state index is 0.0497.